The predicted molar refractivity (Wildman–Crippen MR) is 35.1 cm³/mol. The summed E-state index contributed by atoms with van der Waals surface area (Å²) < 4.78 is 12.6. The first-order valence-corrected chi connectivity index (χ1v) is 3.22. The molecule has 5 nitrogen and oxygen atoms in total. The molecule has 0 aromatic rings. The van der Waals surface area contributed by atoms with Crippen molar-refractivity contribution in [2.45, 2.75) is 13.8 Å². The lowest BCUT2D eigenvalue weighted by atomic mass is 10.9. The number of rotatable bonds is 2. The molecule has 0 amide bonds. The van der Waals surface area contributed by atoms with Gasteiger partial charge >= 0.3 is 12.3 Å². The molecule has 11 heavy (non-hydrogen) atoms. The summed E-state index contributed by atoms with van der Waals surface area (Å²) in [6, 6.07) is 0. The number of hydrogen-bond donors (Lipinski definition) is 0. The van der Waals surface area contributed by atoms with Crippen molar-refractivity contribution in [3.63, 3.8) is 0 Å². The fraction of sp³-hybridized carbons (Fsp3) is 0.667. The van der Waals surface area contributed by atoms with E-state index in [0.717, 1.165) is 0 Å². The van der Waals surface area contributed by atoms with Gasteiger partial charge in [0.15, 0.2) is 0 Å². The molecule has 0 aromatic heterocycles. The van der Waals surface area contributed by atoms with Crippen LogP contribution in [0.3, 0.4) is 0 Å². The molecule has 0 aromatic carbocycles. The third-order valence-electron chi connectivity index (χ3n) is 0.691. The van der Waals surface area contributed by atoms with Gasteiger partial charge in [0.2, 0.25) is 0 Å². The molecule has 0 bridgehead atoms. The summed E-state index contributed by atoms with van der Waals surface area (Å²) in [5, 5.41) is 0. The summed E-state index contributed by atoms with van der Waals surface area (Å²) in [6.07, 6.45) is -2.07. The van der Waals surface area contributed by atoms with Crippen molar-refractivity contribution in [2.75, 3.05) is 13.2 Å². The normalized spacial score (nSPS) is 8.55. The minimum Gasteiger partial charge on any atom is -0.434 e. The van der Waals surface area contributed by atoms with E-state index in [0.29, 0.717) is 0 Å². The van der Waals surface area contributed by atoms with Gasteiger partial charge in [-0.15, -0.1) is 0 Å². The molecular formula is C6H10O5. The highest BCUT2D eigenvalue weighted by atomic mass is 17.2. The number of carbonyl (C=O) groups excluding carboxylic acids is 2. The Labute approximate surface area is 64.2 Å². The smallest absolute Gasteiger partial charge is 0.434 e. The van der Waals surface area contributed by atoms with Crippen LogP contribution in [0.1, 0.15) is 13.8 Å². The summed E-state index contributed by atoms with van der Waals surface area (Å²) in [7, 11) is 0. The Morgan fingerprint density at radius 3 is 1.64 bits per heavy atom. The first-order valence-electron chi connectivity index (χ1n) is 3.22. The lowest BCUT2D eigenvalue weighted by Crippen LogP contribution is -2.14. The van der Waals surface area contributed by atoms with Crippen molar-refractivity contribution in [3.8, 4) is 0 Å². The van der Waals surface area contributed by atoms with Gasteiger partial charge in [-0.3, -0.25) is 0 Å². The minimum atomic E-state index is -1.04. The van der Waals surface area contributed by atoms with Crippen LogP contribution >= 0.6 is 0 Å². The molecule has 0 aliphatic rings. The van der Waals surface area contributed by atoms with Gasteiger partial charge in [0, 0.05) is 0 Å². The Bertz CT molecular complexity index is 126. The van der Waals surface area contributed by atoms with Gasteiger partial charge in [-0.05, 0) is 13.8 Å². The molecule has 0 unspecified atom stereocenters. The van der Waals surface area contributed by atoms with E-state index in [4.69, 9.17) is 0 Å². The molecule has 0 heterocycles. The van der Waals surface area contributed by atoms with E-state index in [1.807, 2.05) is 0 Å². The molecule has 64 valence electrons. The highest BCUT2D eigenvalue weighted by molar-refractivity contribution is 5.76. The summed E-state index contributed by atoms with van der Waals surface area (Å²) in [6.45, 7) is 3.54. The summed E-state index contributed by atoms with van der Waals surface area (Å²) in [4.78, 5) is 20.8. The minimum absolute atomic E-state index is 0.165. The Morgan fingerprint density at radius 1 is 1.00 bits per heavy atom. The average molecular weight is 166 g/mol. The maximum absolute atomic E-state index is 10.4. The maximum Gasteiger partial charge on any atom is 0.518 e. The highest BCUT2D eigenvalue weighted by Gasteiger charge is 2.10. The molecule has 0 N–H and O–H groups in total. The van der Waals surface area contributed by atoms with E-state index in [-0.39, 0.29) is 13.2 Å². The van der Waals surface area contributed by atoms with Crippen LogP contribution in [0.2, 0.25) is 0 Å². The maximum atomic E-state index is 10.4. The molecule has 0 aliphatic carbocycles. The predicted octanol–water partition coefficient (Wildman–Crippen LogP) is 1.32. The van der Waals surface area contributed by atoms with E-state index in [2.05, 4.69) is 14.2 Å². The second-order valence-electron chi connectivity index (χ2n) is 1.47. The topological polar surface area (TPSA) is 61.8 Å². The number of hydrogen-bond acceptors (Lipinski definition) is 5. The van der Waals surface area contributed by atoms with Crippen LogP contribution in [-0.2, 0) is 14.2 Å². The number of carbonyl (C=O) groups is 2. The second-order valence-corrected chi connectivity index (χ2v) is 1.47. The molecule has 0 rings (SSSR count). The largest absolute Gasteiger partial charge is 0.518 e. The van der Waals surface area contributed by atoms with E-state index >= 15 is 0 Å². The van der Waals surface area contributed by atoms with Crippen LogP contribution in [0.25, 0.3) is 0 Å². The zero-order valence-corrected chi connectivity index (χ0v) is 6.46. The molecule has 0 saturated carbocycles. The lowest BCUT2D eigenvalue weighted by molar-refractivity contribution is 0.0409. The summed E-state index contributed by atoms with van der Waals surface area (Å²) in [5.41, 5.74) is 0. The zero-order chi connectivity index (χ0) is 8.69. The van der Waals surface area contributed by atoms with E-state index in [1.54, 1.807) is 13.8 Å². The molecule has 5 heteroatoms. The van der Waals surface area contributed by atoms with Crippen LogP contribution < -0.4 is 0 Å². The summed E-state index contributed by atoms with van der Waals surface area (Å²) in [5.74, 6) is 0. The van der Waals surface area contributed by atoms with Crippen molar-refractivity contribution >= 4 is 12.3 Å². The van der Waals surface area contributed by atoms with Gasteiger partial charge in [0.05, 0.1) is 13.2 Å². The van der Waals surface area contributed by atoms with Gasteiger partial charge in [0.1, 0.15) is 0 Å². The van der Waals surface area contributed by atoms with Crippen LogP contribution in [0.15, 0.2) is 0 Å². The first kappa shape index (κ1) is 9.74. The molecule has 0 radical (unpaired) electrons. The fourth-order valence-electron chi connectivity index (χ4n) is 0.363. The van der Waals surface area contributed by atoms with Crippen LogP contribution in [0, 0.1) is 0 Å². The molecule has 0 aliphatic heterocycles. The SMILES string of the molecule is CCO[14C](=O)O[14C](=O)OCC. The van der Waals surface area contributed by atoms with Gasteiger partial charge in [-0.2, -0.15) is 0 Å². The Balaban J connectivity index is 3.49. The lowest BCUT2D eigenvalue weighted by Gasteiger charge is -2.01. The molecule has 0 fully saturated rings. The van der Waals surface area contributed by atoms with E-state index in [9.17, 15) is 9.59 Å². The van der Waals surface area contributed by atoms with Crippen LogP contribution in [0.4, 0.5) is 9.59 Å². The van der Waals surface area contributed by atoms with Crippen molar-refractivity contribution in [1.29, 1.82) is 0 Å². The Morgan fingerprint density at radius 2 is 1.36 bits per heavy atom. The second kappa shape index (κ2) is 5.52. The molecule has 0 spiro atoms. The number of ether oxygens (including phenoxy) is 3. The quantitative estimate of drug-likeness (QED) is 0.457. The standard InChI is InChI=1S/C6H10O5/c1-3-9-5(7)11-6(8)10-4-2/h3-4H2,1-2H3/i5+2,6+2. The third kappa shape index (κ3) is 5.20. The molecule has 0 atom stereocenters. The van der Waals surface area contributed by atoms with Crippen molar-refractivity contribution in [2.24, 2.45) is 0 Å². The van der Waals surface area contributed by atoms with E-state index in [1.165, 1.54) is 0 Å². The van der Waals surface area contributed by atoms with Gasteiger partial charge in [0.25, 0.3) is 0 Å². The van der Waals surface area contributed by atoms with E-state index < -0.39 is 12.3 Å². The van der Waals surface area contributed by atoms with Gasteiger partial charge in [-0.25, -0.2) is 9.59 Å². The highest BCUT2D eigenvalue weighted by Crippen LogP contribution is 1.89. The first-order chi connectivity index (χ1) is 5.20. The third-order valence-corrected chi connectivity index (χ3v) is 0.691. The van der Waals surface area contributed by atoms with Crippen molar-refractivity contribution in [3.05, 3.63) is 0 Å². The average Bonchev–Trinajstić information content (AvgIpc) is 1.87. The zero-order valence-electron chi connectivity index (χ0n) is 6.46. The Kier molecular flexibility index (Phi) is 4.89. The van der Waals surface area contributed by atoms with Crippen LogP contribution in [0.5, 0.6) is 0 Å². The van der Waals surface area contributed by atoms with Gasteiger partial charge < -0.3 is 14.2 Å². The van der Waals surface area contributed by atoms with Crippen LogP contribution in [-0.4, -0.2) is 25.5 Å². The summed E-state index contributed by atoms with van der Waals surface area (Å²) >= 11 is 0. The Hall–Kier alpha value is -1.26. The van der Waals surface area contributed by atoms with Gasteiger partial charge in [-0.1, -0.05) is 0 Å². The molecular weight excluding hydrogens is 156 g/mol. The monoisotopic (exact) mass is 166 g/mol. The molecule has 0 saturated heterocycles. The van der Waals surface area contributed by atoms with Crippen molar-refractivity contribution in [1.82, 2.24) is 0 Å². The van der Waals surface area contributed by atoms with Crippen molar-refractivity contribution < 1.29 is 23.8 Å². The fourth-order valence-corrected chi connectivity index (χ4v) is 0.363.